The summed E-state index contributed by atoms with van der Waals surface area (Å²) >= 11 is 0. The number of non-ortho nitro benzene ring substituents is 1. The molecule has 0 saturated carbocycles. The van der Waals surface area contributed by atoms with Crippen LogP contribution in [0, 0.1) is 16.0 Å². The summed E-state index contributed by atoms with van der Waals surface area (Å²) in [5.74, 6) is -0.164. The topological polar surface area (TPSA) is 110 Å². The third-order valence-electron chi connectivity index (χ3n) is 3.92. The summed E-state index contributed by atoms with van der Waals surface area (Å²) in [6.45, 7) is 4.19. The standard InChI is InChI=1S/C17H22N4O4/c1-11(2)15(22)8-9-18-17(23)14-10-20(3)19-16(14)12-4-6-13(7-5-12)21(24)25/h4-7,10-11,15,22H,8-9H2,1-3H3,(H,18,23). The minimum absolute atomic E-state index is 0.0200. The van der Waals surface area contributed by atoms with E-state index < -0.39 is 11.0 Å². The van der Waals surface area contributed by atoms with Crippen molar-refractivity contribution >= 4 is 11.6 Å². The van der Waals surface area contributed by atoms with Gasteiger partial charge in [-0.05, 0) is 24.5 Å². The molecule has 0 saturated heterocycles. The zero-order valence-corrected chi connectivity index (χ0v) is 14.5. The number of rotatable bonds is 7. The Bertz CT molecular complexity index is 753. The molecule has 2 N–H and O–H groups in total. The number of amides is 1. The summed E-state index contributed by atoms with van der Waals surface area (Å²) in [5.41, 5.74) is 1.45. The summed E-state index contributed by atoms with van der Waals surface area (Å²) in [7, 11) is 1.70. The maximum Gasteiger partial charge on any atom is 0.269 e. The number of hydrogen-bond donors (Lipinski definition) is 2. The quantitative estimate of drug-likeness (QED) is 0.589. The van der Waals surface area contributed by atoms with Gasteiger partial charge in [-0.25, -0.2) is 0 Å². The van der Waals surface area contributed by atoms with Crippen LogP contribution in [0.1, 0.15) is 30.6 Å². The van der Waals surface area contributed by atoms with Crippen molar-refractivity contribution in [2.24, 2.45) is 13.0 Å². The van der Waals surface area contributed by atoms with Crippen molar-refractivity contribution in [3.63, 3.8) is 0 Å². The Morgan fingerprint density at radius 3 is 2.56 bits per heavy atom. The number of carbonyl (C=O) groups excluding carboxylic acids is 1. The van der Waals surface area contributed by atoms with Gasteiger partial charge < -0.3 is 10.4 Å². The van der Waals surface area contributed by atoms with Crippen LogP contribution in [-0.4, -0.2) is 38.4 Å². The first kappa shape index (κ1) is 18.6. The molecule has 0 radical (unpaired) electrons. The lowest BCUT2D eigenvalue weighted by Gasteiger charge is -2.14. The number of aryl methyl sites for hydroxylation is 1. The first-order valence-corrected chi connectivity index (χ1v) is 8.04. The molecule has 0 spiro atoms. The fraction of sp³-hybridized carbons (Fsp3) is 0.412. The van der Waals surface area contributed by atoms with E-state index >= 15 is 0 Å². The Kier molecular flexibility index (Phi) is 5.87. The van der Waals surface area contributed by atoms with Crippen LogP contribution in [0.4, 0.5) is 5.69 Å². The molecule has 8 nitrogen and oxygen atoms in total. The SMILES string of the molecule is CC(C)C(O)CCNC(=O)c1cn(C)nc1-c1ccc([N+](=O)[O-])cc1. The number of aromatic nitrogens is 2. The molecule has 134 valence electrons. The number of nitrogens with one attached hydrogen (secondary N) is 1. The van der Waals surface area contributed by atoms with E-state index in [9.17, 15) is 20.0 Å². The summed E-state index contributed by atoms with van der Waals surface area (Å²) in [5, 5.41) is 27.6. The Balaban J connectivity index is 2.14. The number of carbonyl (C=O) groups is 1. The van der Waals surface area contributed by atoms with Crippen LogP contribution >= 0.6 is 0 Å². The van der Waals surface area contributed by atoms with Crippen molar-refractivity contribution < 1.29 is 14.8 Å². The number of nitro benzene ring substituents is 1. The summed E-state index contributed by atoms with van der Waals surface area (Å²) in [4.78, 5) is 22.7. The Morgan fingerprint density at radius 1 is 1.36 bits per heavy atom. The second-order valence-electron chi connectivity index (χ2n) is 6.22. The largest absolute Gasteiger partial charge is 0.393 e. The Hall–Kier alpha value is -2.74. The van der Waals surface area contributed by atoms with Gasteiger partial charge >= 0.3 is 0 Å². The minimum Gasteiger partial charge on any atom is -0.393 e. The highest BCUT2D eigenvalue weighted by atomic mass is 16.6. The Labute approximate surface area is 145 Å². The Morgan fingerprint density at radius 2 is 2.00 bits per heavy atom. The molecule has 0 aliphatic carbocycles. The molecule has 8 heteroatoms. The molecule has 1 aromatic heterocycles. The van der Waals surface area contributed by atoms with Crippen molar-refractivity contribution in [3.8, 4) is 11.3 Å². The average Bonchev–Trinajstić information content (AvgIpc) is 2.96. The van der Waals surface area contributed by atoms with E-state index in [0.717, 1.165) is 0 Å². The van der Waals surface area contributed by atoms with E-state index in [1.54, 1.807) is 25.4 Å². The lowest BCUT2D eigenvalue weighted by atomic mass is 10.0. The van der Waals surface area contributed by atoms with Gasteiger partial charge in [0.1, 0.15) is 5.69 Å². The smallest absolute Gasteiger partial charge is 0.269 e. The monoisotopic (exact) mass is 346 g/mol. The zero-order valence-electron chi connectivity index (χ0n) is 14.5. The molecule has 0 aliphatic rings. The maximum absolute atomic E-state index is 12.4. The van der Waals surface area contributed by atoms with Gasteiger partial charge in [-0.3, -0.25) is 19.6 Å². The average molecular weight is 346 g/mol. The normalized spacial score (nSPS) is 12.2. The number of nitro groups is 1. The lowest BCUT2D eigenvalue weighted by Crippen LogP contribution is -2.28. The number of aliphatic hydroxyl groups excluding tert-OH is 1. The predicted molar refractivity (Wildman–Crippen MR) is 93.1 cm³/mol. The number of hydrogen-bond acceptors (Lipinski definition) is 5. The molecular formula is C17H22N4O4. The first-order valence-electron chi connectivity index (χ1n) is 8.04. The second kappa shape index (κ2) is 7.89. The van der Waals surface area contributed by atoms with Crippen LogP contribution in [0.25, 0.3) is 11.3 Å². The van der Waals surface area contributed by atoms with E-state index in [1.807, 2.05) is 13.8 Å². The minimum atomic E-state index is -0.476. The van der Waals surface area contributed by atoms with Crippen LogP contribution in [0.3, 0.4) is 0 Å². The van der Waals surface area contributed by atoms with Crippen LogP contribution in [-0.2, 0) is 7.05 Å². The third-order valence-corrected chi connectivity index (χ3v) is 3.92. The molecule has 0 bridgehead atoms. The van der Waals surface area contributed by atoms with Crippen molar-refractivity contribution in [2.75, 3.05) is 6.54 Å². The highest BCUT2D eigenvalue weighted by Crippen LogP contribution is 2.24. The van der Waals surface area contributed by atoms with Gasteiger partial charge in [-0.1, -0.05) is 13.8 Å². The van der Waals surface area contributed by atoms with Gasteiger partial charge in [0.25, 0.3) is 11.6 Å². The molecule has 2 aromatic rings. The first-order chi connectivity index (χ1) is 11.8. The number of benzene rings is 1. The predicted octanol–water partition coefficient (Wildman–Crippen LogP) is 2.13. The van der Waals surface area contributed by atoms with E-state index in [1.165, 1.54) is 16.8 Å². The van der Waals surface area contributed by atoms with Crippen LogP contribution in [0.15, 0.2) is 30.5 Å². The van der Waals surface area contributed by atoms with E-state index in [2.05, 4.69) is 10.4 Å². The van der Waals surface area contributed by atoms with Crippen molar-refractivity contribution in [1.29, 1.82) is 0 Å². The molecule has 2 rings (SSSR count). The van der Waals surface area contributed by atoms with Crippen molar-refractivity contribution in [2.45, 2.75) is 26.4 Å². The molecule has 0 fully saturated rings. The fourth-order valence-corrected chi connectivity index (χ4v) is 2.37. The molecule has 1 amide bonds. The summed E-state index contributed by atoms with van der Waals surface area (Å²) in [6.07, 6.45) is 1.60. The fourth-order valence-electron chi connectivity index (χ4n) is 2.37. The van der Waals surface area contributed by atoms with Gasteiger partial charge in [0, 0.05) is 37.5 Å². The van der Waals surface area contributed by atoms with Gasteiger partial charge in [0.15, 0.2) is 0 Å². The van der Waals surface area contributed by atoms with Crippen LogP contribution in [0.2, 0.25) is 0 Å². The lowest BCUT2D eigenvalue weighted by molar-refractivity contribution is -0.384. The molecule has 1 aromatic carbocycles. The molecule has 0 aliphatic heterocycles. The molecule has 25 heavy (non-hydrogen) atoms. The third kappa shape index (κ3) is 4.63. The van der Waals surface area contributed by atoms with Crippen LogP contribution in [0.5, 0.6) is 0 Å². The molecule has 1 heterocycles. The van der Waals surface area contributed by atoms with Gasteiger partial charge in [0.05, 0.1) is 16.6 Å². The van der Waals surface area contributed by atoms with Crippen molar-refractivity contribution in [1.82, 2.24) is 15.1 Å². The van der Waals surface area contributed by atoms with Crippen molar-refractivity contribution in [3.05, 3.63) is 46.1 Å². The van der Waals surface area contributed by atoms with Crippen LogP contribution < -0.4 is 5.32 Å². The summed E-state index contributed by atoms with van der Waals surface area (Å²) in [6, 6.07) is 5.90. The maximum atomic E-state index is 12.4. The second-order valence-corrected chi connectivity index (χ2v) is 6.22. The molecule has 1 unspecified atom stereocenters. The van der Waals surface area contributed by atoms with Gasteiger partial charge in [-0.15, -0.1) is 0 Å². The number of nitrogens with zero attached hydrogens (tertiary/aromatic N) is 3. The van der Waals surface area contributed by atoms with E-state index in [0.29, 0.717) is 29.8 Å². The molecule has 1 atom stereocenters. The molecular weight excluding hydrogens is 324 g/mol. The highest BCUT2D eigenvalue weighted by molar-refractivity contribution is 5.99. The highest BCUT2D eigenvalue weighted by Gasteiger charge is 2.18. The van der Waals surface area contributed by atoms with Gasteiger partial charge in [0.2, 0.25) is 0 Å². The van der Waals surface area contributed by atoms with E-state index in [-0.39, 0.29) is 17.5 Å². The van der Waals surface area contributed by atoms with Gasteiger partial charge in [-0.2, -0.15) is 5.10 Å². The summed E-state index contributed by atoms with van der Waals surface area (Å²) < 4.78 is 1.52. The number of aliphatic hydroxyl groups is 1. The zero-order chi connectivity index (χ0) is 18.6. The van der Waals surface area contributed by atoms with E-state index in [4.69, 9.17) is 0 Å².